The number of ether oxygens (including phenoxy) is 1. The number of carbonyl (C=O) groups excluding carboxylic acids is 1. The topological polar surface area (TPSA) is 52.3 Å². The van der Waals surface area contributed by atoms with Gasteiger partial charge in [-0.05, 0) is 6.07 Å². The van der Waals surface area contributed by atoms with Crippen molar-refractivity contribution in [1.82, 2.24) is 0 Å². The number of benzene rings is 1. The van der Waals surface area contributed by atoms with Crippen LogP contribution < -0.4 is 5.73 Å². The van der Waals surface area contributed by atoms with E-state index in [-0.39, 0.29) is 13.0 Å². The molecular weight excluding hydrogens is 223 g/mol. The quantitative estimate of drug-likeness (QED) is 0.492. The second-order valence-corrected chi connectivity index (χ2v) is 3.03. The fourth-order valence-corrected chi connectivity index (χ4v) is 1.02. The molecule has 0 unspecified atom stereocenters. The third-order valence-corrected chi connectivity index (χ3v) is 1.82. The summed E-state index contributed by atoms with van der Waals surface area (Å²) in [6, 6.07) is 1.35. The van der Waals surface area contributed by atoms with E-state index in [1.54, 1.807) is 0 Å². The monoisotopic (exact) mass is 233 g/mol. The second-order valence-electron chi connectivity index (χ2n) is 3.03. The molecule has 0 aliphatic carbocycles. The van der Waals surface area contributed by atoms with Crippen LogP contribution in [0.4, 0.5) is 18.9 Å². The molecule has 0 aliphatic rings. The van der Waals surface area contributed by atoms with E-state index in [1.165, 1.54) is 0 Å². The molecule has 1 rings (SSSR count). The van der Waals surface area contributed by atoms with Crippen LogP contribution in [0.3, 0.4) is 0 Å². The Hall–Kier alpha value is -1.72. The summed E-state index contributed by atoms with van der Waals surface area (Å²) in [6.45, 7) is -0.827. The molecule has 0 fully saturated rings. The summed E-state index contributed by atoms with van der Waals surface area (Å²) in [5, 5.41) is 0. The van der Waals surface area contributed by atoms with Gasteiger partial charge < -0.3 is 10.5 Å². The molecule has 0 heterocycles. The Labute approximate surface area is 90.0 Å². The molecule has 0 bridgehead atoms. The lowest BCUT2D eigenvalue weighted by Crippen LogP contribution is -2.10. The number of halogens is 3. The van der Waals surface area contributed by atoms with Crippen molar-refractivity contribution in [1.29, 1.82) is 0 Å². The molecule has 0 radical (unpaired) electrons. The summed E-state index contributed by atoms with van der Waals surface area (Å²) in [6.07, 6.45) is 0.0187. The maximum Gasteiger partial charge on any atom is 0.341 e. The number of anilines is 1. The molecule has 0 aromatic heterocycles. The molecular formula is C10H10F3NO2. The molecule has 0 amide bonds. The normalized spacial score (nSPS) is 10.2. The van der Waals surface area contributed by atoms with E-state index in [1.807, 2.05) is 0 Å². The maximum atomic E-state index is 13.2. The van der Waals surface area contributed by atoms with Crippen LogP contribution >= 0.6 is 0 Å². The van der Waals surface area contributed by atoms with Crippen LogP contribution in [-0.4, -0.2) is 19.3 Å². The molecule has 0 atom stereocenters. The van der Waals surface area contributed by atoms with Crippen LogP contribution in [0.1, 0.15) is 16.8 Å². The van der Waals surface area contributed by atoms with Gasteiger partial charge in [0, 0.05) is 12.5 Å². The van der Waals surface area contributed by atoms with Crippen molar-refractivity contribution in [3.05, 3.63) is 29.3 Å². The molecule has 88 valence electrons. The zero-order valence-corrected chi connectivity index (χ0v) is 8.30. The largest absolute Gasteiger partial charge is 0.462 e. The van der Waals surface area contributed by atoms with Crippen molar-refractivity contribution in [2.45, 2.75) is 6.42 Å². The lowest BCUT2D eigenvalue weighted by molar-refractivity contribution is 0.0488. The minimum absolute atomic E-state index is 0.0187. The van der Waals surface area contributed by atoms with Crippen LogP contribution in [-0.2, 0) is 4.74 Å². The van der Waals surface area contributed by atoms with E-state index < -0.39 is 35.5 Å². The van der Waals surface area contributed by atoms with Crippen molar-refractivity contribution in [2.75, 3.05) is 19.0 Å². The van der Waals surface area contributed by atoms with Crippen LogP contribution in [0.5, 0.6) is 0 Å². The smallest absolute Gasteiger partial charge is 0.341 e. The predicted molar refractivity (Wildman–Crippen MR) is 51.6 cm³/mol. The first-order chi connectivity index (χ1) is 7.56. The van der Waals surface area contributed by atoms with Gasteiger partial charge >= 0.3 is 5.97 Å². The molecule has 0 saturated heterocycles. The van der Waals surface area contributed by atoms with Crippen LogP contribution in [0.2, 0.25) is 0 Å². The highest BCUT2D eigenvalue weighted by Gasteiger charge is 2.16. The van der Waals surface area contributed by atoms with Gasteiger partial charge in [-0.3, -0.25) is 4.39 Å². The lowest BCUT2D eigenvalue weighted by Gasteiger charge is -2.05. The number of esters is 1. The van der Waals surface area contributed by atoms with Gasteiger partial charge in [-0.1, -0.05) is 0 Å². The van der Waals surface area contributed by atoms with Crippen molar-refractivity contribution < 1.29 is 22.7 Å². The van der Waals surface area contributed by atoms with Crippen molar-refractivity contribution in [3.8, 4) is 0 Å². The molecule has 1 aromatic rings. The summed E-state index contributed by atoms with van der Waals surface area (Å²) in [5.41, 5.74) is 4.15. The molecule has 6 heteroatoms. The third-order valence-electron chi connectivity index (χ3n) is 1.82. The molecule has 3 nitrogen and oxygen atoms in total. The molecule has 0 aliphatic heterocycles. The summed E-state index contributed by atoms with van der Waals surface area (Å²) in [4.78, 5) is 11.2. The van der Waals surface area contributed by atoms with Gasteiger partial charge in [-0.2, -0.15) is 0 Å². The van der Waals surface area contributed by atoms with Gasteiger partial charge in [0.25, 0.3) is 0 Å². The first-order valence-electron chi connectivity index (χ1n) is 4.54. The molecule has 16 heavy (non-hydrogen) atoms. The Kier molecular flexibility index (Phi) is 4.16. The Balaban J connectivity index is 2.79. The van der Waals surface area contributed by atoms with Gasteiger partial charge in [-0.25, -0.2) is 13.6 Å². The fraction of sp³-hybridized carbons (Fsp3) is 0.300. The SMILES string of the molecule is Nc1cc(F)c(C(=O)OCCCF)cc1F. The van der Waals surface area contributed by atoms with Crippen molar-refractivity contribution in [2.24, 2.45) is 0 Å². The van der Waals surface area contributed by atoms with Gasteiger partial charge in [0.2, 0.25) is 0 Å². The maximum absolute atomic E-state index is 13.2. The first-order valence-corrected chi connectivity index (χ1v) is 4.54. The second kappa shape index (κ2) is 5.39. The average Bonchev–Trinajstić information content (AvgIpc) is 2.23. The Bertz CT molecular complexity index is 396. The van der Waals surface area contributed by atoms with E-state index >= 15 is 0 Å². The van der Waals surface area contributed by atoms with Crippen LogP contribution in [0.25, 0.3) is 0 Å². The van der Waals surface area contributed by atoms with E-state index in [0.717, 1.165) is 0 Å². The minimum atomic E-state index is -1.04. The number of carbonyl (C=O) groups is 1. The molecule has 0 saturated carbocycles. The number of rotatable bonds is 4. The molecule has 0 spiro atoms. The van der Waals surface area contributed by atoms with Crippen LogP contribution in [0.15, 0.2) is 12.1 Å². The number of nitrogen functional groups attached to an aromatic ring is 1. The first kappa shape index (κ1) is 12.4. The average molecular weight is 233 g/mol. The number of alkyl halides is 1. The summed E-state index contributed by atoms with van der Waals surface area (Å²) in [7, 11) is 0. The third kappa shape index (κ3) is 2.88. The lowest BCUT2D eigenvalue weighted by atomic mass is 10.2. The van der Waals surface area contributed by atoms with Gasteiger partial charge in [-0.15, -0.1) is 0 Å². The number of hydrogen-bond acceptors (Lipinski definition) is 3. The van der Waals surface area contributed by atoms with E-state index in [0.29, 0.717) is 12.1 Å². The Morgan fingerprint density at radius 2 is 2.00 bits per heavy atom. The minimum Gasteiger partial charge on any atom is -0.462 e. The fourth-order valence-electron chi connectivity index (χ4n) is 1.02. The number of hydrogen-bond donors (Lipinski definition) is 1. The highest BCUT2D eigenvalue weighted by molar-refractivity contribution is 5.90. The summed E-state index contributed by atoms with van der Waals surface area (Å²) < 4.78 is 42.3. The highest BCUT2D eigenvalue weighted by Crippen LogP contribution is 2.17. The molecule has 1 aromatic carbocycles. The van der Waals surface area contributed by atoms with E-state index in [4.69, 9.17) is 5.73 Å². The van der Waals surface area contributed by atoms with Crippen molar-refractivity contribution in [3.63, 3.8) is 0 Å². The Morgan fingerprint density at radius 1 is 1.31 bits per heavy atom. The van der Waals surface area contributed by atoms with Gasteiger partial charge in [0.15, 0.2) is 0 Å². The van der Waals surface area contributed by atoms with E-state index in [2.05, 4.69) is 4.74 Å². The van der Waals surface area contributed by atoms with Gasteiger partial charge in [0.1, 0.15) is 11.6 Å². The molecule has 2 N–H and O–H groups in total. The van der Waals surface area contributed by atoms with E-state index in [9.17, 15) is 18.0 Å². The standard InChI is InChI=1S/C10H10F3NO2/c11-2-1-3-16-10(15)6-4-8(13)9(14)5-7(6)12/h4-5H,1-3,14H2. The van der Waals surface area contributed by atoms with Gasteiger partial charge in [0.05, 0.1) is 24.5 Å². The van der Waals surface area contributed by atoms with Crippen LogP contribution in [0, 0.1) is 11.6 Å². The summed E-state index contributed by atoms with van der Waals surface area (Å²) in [5.74, 6) is -2.91. The summed E-state index contributed by atoms with van der Waals surface area (Å²) >= 11 is 0. The number of nitrogens with two attached hydrogens (primary N) is 1. The predicted octanol–water partition coefficient (Wildman–Crippen LogP) is 2.06. The zero-order chi connectivity index (χ0) is 12.1. The highest BCUT2D eigenvalue weighted by atomic mass is 19.1. The van der Waals surface area contributed by atoms with Crippen molar-refractivity contribution >= 4 is 11.7 Å². The zero-order valence-electron chi connectivity index (χ0n) is 8.30. The Morgan fingerprint density at radius 3 is 2.62 bits per heavy atom.